The summed E-state index contributed by atoms with van der Waals surface area (Å²) in [5, 5.41) is 1.82. The van der Waals surface area contributed by atoms with Crippen molar-refractivity contribution in [2.24, 2.45) is 16.5 Å². The maximum Gasteiger partial charge on any atom is 0.280 e. The minimum atomic E-state index is -0.564. The highest BCUT2D eigenvalue weighted by atomic mass is 35.5. The summed E-state index contributed by atoms with van der Waals surface area (Å²) in [7, 11) is 0. The van der Waals surface area contributed by atoms with Crippen LogP contribution in [0.25, 0.3) is 21.9 Å². The lowest BCUT2D eigenvalue weighted by Gasteiger charge is -2.10. The summed E-state index contributed by atoms with van der Waals surface area (Å²) in [5.74, 6) is -1.31. The number of fused-ring (bicyclic) bond motifs is 1. The Labute approximate surface area is 154 Å². The van der Waals surface area contributed by atoms with E-state index in [1.54, 1.807) is 42.5 Å². The summed E-state index contributed by atoms with van der Waals surface area (Å²) < 4.78 is 14.3. The van der Waals surface area contributed by atoms with Crippen molar-refractivity contribution in [2.75, 3.05) is 0 Å². The van der Waals surface area contributed by atoms with Gasteiger partial charge in [0.2, 0.25) is 0 Å². The molecule has 0 unspecified atom stereocenters. The second-order valence-corrected chi connectivity index (χ2v) is 5.59. The van der Waals surface area contributed by atoms with Gasteiger partial charge >= 0.3 is 0 Å². The molecule has 0 aliphatic rings. The highest BCUT2D eigenvalue weighted by molar-refractivity contribution is 6.33. The van der Waals surface area contributed by atoms with Crippen LogP contribution in [0.2, 0.25) is 5.02 Å². The van der Waals surface area contributed by atoms with Gasteiger partial charge in [-0.3, -0.25) is 4.79 Å². The Balaban J connectivity index is 0.00000225. The summed E-state index contributed by atoms with van der Waals surface area (Å²) in [6.07, 6.45) is 0. The van der Waals surface area contributed by atoms with Gasteiger partial charge in [-0.25, -0.2) is 4.39 Å². The van der Waals surface area contributed by atoms with Gasteiger partial charge in [-0.1, -0.05) is 41.9 Å². The number of nitrogens with two attached hydrogens (primary N) is 2. The number of carbonyl (C=O) groups is 1. The first-order valence-corrected chi connectivity index (χ1v) is 7.46. The van der Waals surface area contributed by atoms with Gasteiger partial charge in [0.1, 0.15) is 5.82 Å². The van der Waals surface area contributed by atoms with Crippen LogP contribution in [-0.2, 0) is 0 Å². The van der Waals surface area contributed by atoms with Crippen molar-refractivity contribution in [2.45, 2.75) is 0 Å². The van der Waals surface area contributed by atoms with Crippen LogP contribution in [0.1, 0.15) is 10.4 Å². The first-order valence-electron chi connectivity index (χ1n) is 7.08. The molecule has 3 aromatic carbocycles. The molecule has 0 atom stereocenters. The Morgan fingerprint density at radius 3 is 2.44 bits per heavy atom. The Kier molecular flexibility index (Phi) is 5.62. The molecule has 0 radical (unpaired) electrons. The fourth-order valence-corrected chi connectivity index (χ4v) is 2.83. The second kappa shape index (κ2) is 7.51. The molecule has 0 bridgehead atoms. The molecule has 1 amide bonds. The van der Waals surface area contributed by atoms with Crippen molar-refractivity contribution in [3.8, 4) is 11.1 Å². The van der Waals surface area contributed by atoms with Crippen molar-refractivity contribution in [1.82, 2.24) is 0 Å². The number of hydrogen-bond donors (Lipinski definition) is 2. The van der Waals surface area contributed by atoms with E-state index in [9.17, 15) is 9.18 Å². The largest absolute Gasteiger partial charge is 0.370 e. The van der Waals surface area contributed by atoms with E-state index < -0.39 is 11.7 Å². The minimum absolute atomic E-state index is 0. The SMILES string of the molecule is Cl.NC(N)=NC(=O)c1ccc2cccc(-c3c(F)cccc3Cl)c2c1. The predicted octanol–water partition coefficient (Wildman–Crippen LogP) is 4.13. The van der Waals surface area contributed by atoms with Gasteiger partial charge in [0, 0.05) is 11.1 Å². The molecule has 0 aliphatic carbocycles. The van der Waals surface area contributed by atoms with Gasteiger partial charge in [-0.05, 0) is 40.6 Å². The number of guanidine groups is 1. The minimum Gasteiger partial charge on any atom is -0.370 e. The Morgan fingerprint density at radius 1 is 1.04 bits per heavy atom. The monoisotopic (exact) mass is 377 g/mol. The van der Waals surface area contributed by atoms with E-state index in [0.717, 1.165) is 5.39 Å². The molecule has 4 N–H and O–H groups in total. The highest BCUT2D eigenvalue weighted by Crippen LogP contribution is 2.35. The third-order valence-corrected chi connectivity index (χ3v) is 3.91. The van der Waals surface area contributed by atoms with Crippen LogP contribution in [0.4, 0.5) is 4.39 Å². The smallest absolute Gasteiger partial charge is 0.280 e. The number of aliphatic imine (C=N–C) groups is 1. The number of nitrogens with zero attached hydrogens (tertiary/aromatic N) is 1. The fraction of sp³-hybridized carbons (Fsp3) is 0. The lowest BCUT2D eigenvalue weighted by Crippen LogP contribution is -2.24. The van der Waals surface area contributed by atoms with Gasteiger partial charge in [0.25, 0.3) is 5.91 Å². The van der Waals surface area contributed by atoms with E-state index in [2.05, 4.69) is 4.99 Å². The van der Waals surface area contributed by atoms with E-state index >= 15 is 0 Å². The normalized spacial score (nSPS) is 10.2. The molecule has 0 saturated carbocycles. The van der Waals surface area contributed by atoms with E-state index in [1.807, 2.05) is 6.07 Å². The first kappa shape index (κ1) is 18.7. The average Bonchev–Trinajstić information content (AvgIpc) is 2.53. The topological polar surface area (TPSA) is 81.5 Å². The molecule has 0 spiro atoms. The number of benzene rings is 3. The molecule has 3 rings (SSSR count). The van der Waals surface area contributed by atoms with E-state index in [-0.39, 0.29) is 23.9 Å². The van der Waals surface area contributed by atoms with Crippen LogP contribution in [0.5, 0.6) is 0 Å². The van der Waals surface area contributed by atoms with Gasteiger partial charge < -0.3 is 11.5 Å². The van der Waals surface area contributed by atoms with Gasteiger partial charge in [0.15, 0.2) is 5.96 Å². The quantitative estimate of drug-likeness (QED) is 0.520. The lowest BCUT2D eigenvalue weighted by atomic mass is 9.96. The van der Waals surface area contributed by atoms with Crippen molar-refractivity contribution in [1.29, 1.82) is 0 Å². The number of hydrogen-bond acceptors (Lipinski definition) is 1. The van der Waals surface area contributed by atoms with Crippen LogP contribution < -0.4 is 11.5 Å². The summed E-state index contributed by atoms with van der Waals surface area (Å²) in [5.41, 5.74) is 11.7. The molecular weight excluding hydrogens is 364 g/mol. The molecule has 0 saturated heterocycles. The molecule has 0 fully saturated rings. The molecule has 0 aliphatic heterocycles. The third-order valence-electron chi connectivity index (χ3n) is 3.59. The van der Waals surface area contributed by atoms with Crippen LogP contribution >= 0.6 is 24.0 Å². The molecular formula is C18H14Cl2FN3O. The number of amides is 1. The van der Waals surface area contributed by atoms with E-state index in [0.29, 0.717) is 21.5 Å². The zero-order valence-electron chi connectivity index (χ0n) is 12.9. The Bertz CT molecular complexity index is 965. The van der Waals surface area contributed by atoms with E-state index in [1.165, 1.54) is 6.07 Å². The summed E-state index contributed by atoms with van der Waals surface area (Å²) in [6.45, 7) is 0. The molecule has 0 heterocycles. The summed E-state index contributed by atoms with van der Waals surface area (Å²) in [4.78, 5) is 15.6. The highest BCUT2D eigenvalue weighted by Gasteiger charge is 2.14. The number of halogens is 3. The van der Waals surface area contributed by atoms with Crippen molar-refractivity contribution in [3.05, 3.63) is 71.0 Å². The second-order valence-electron chi connectivity index (χ2n) is 5.18. The summed E-state index contributed by atoms with van der Waals surface area (Å²) in [6, 6.07) is 14.9. The molecule has 4 nitrogen and oxygen atoms in total. The fourth-order valence-electron chi connectivity index (χ4n) is 2.56. The average molecular weight is 378 g/mol. The van der Waals surface area contributed by atoms with Crippen LogP contribution in [0.3, 0.4) is 0 Å². The van der Waals surface area contributed by atoms with Crippen molar-refractivity contribution < 1.29 is 9.18 Å². The predicted molar refractivity (Wildman–Crippen MR) is 102 cm³/mol. The molecule has 3 aromatic rings. The van der Waals surface area contributed by atoms with Gasteiger partial charge in [-0.15, -0.1) is 12.4 Å². The molecule has 7 heteroatoms. The van der Waals surface area contributed by atoms with Crippen LogP contribution in [-0.4, -0.2) is 11.9 Å². The Hall–Kier alpha value is -2.63. The third kappa shape index (κ3) is 3.73. The maximum atomic E-state index is 14.3. The van der Waals surface area contributed by atoms with E-state index in [4.69, 9.17) is 23.1 Å². The first-order chi connectivity index (χ1) is 11.5. The zero-order chi connectivity index (χ0) is 17.3. The zero-order valence-corrected chi connectivity index (χ0v) is 14.4. The number of rotatable bonds is 2. The van der Waals surface area contributed by atoms with Crippen LogP contribution in [0.15, 0.2) is 59.6 Å². The number of carbonyl (C=O) groups excluding carboxylic acids is 1. The van der Waals surface area contributed by atoms with Gasteiger partial charge in [-0.2, -0.15) is 4.99 Å². The van der Waals surface area contributed by atoms with Gasteiger partial charge in [0.05, 0.1) is 5.02 Å². The van der Waals surface area contributed by atoms with Crippen molar-refractivity contribution >= 4 is 46.6 Å². The molecule has 128 valence electrons. The Morgan fingerprint density at radius 2 is 1.76 bits per heavy atom. The van der Waals surface area contributed by atoms with Crippen LogP contribution in [0, 0.1) is 5.82 Å². The lowest BCUT2D eigenvalue weighted by molar-refractivity contribution is 0.100. The summed E-state index contributed by atoms with van der Waals surface area (Å²) >= 11 is 6.17. The van der Waals surface area contributed by atoms with Crippen molar-refractivity contribution in [3.63, 3.8) is 0 Å². The maximum absolute atomic E-state index is 14.3. The molecule has 0 aromatic heterocycles. The standard InChI is InChI=1S/C18H13ClFN3O.ClH/c19-14-5-2-6-15(20)16(14)12-4-1-3-10-7-8-11(9-13(10)12)17(24)23-18(21)22;/h1-9H,(H4,21,22,23,24);1H. The molecule has 25 heavy (non-hydrogen) atoms.